The summed E-state index contributed by atoms with van der Waals surface area (Å²) < 4.78 is 3.02. The highest BCUT2D eigenvalue weighted by Gasteiger charge is 2.26. The minimum Gasteiger partial charge on any atom is -0.365 e. The Morgan fingerprint density at radius 2 is 2.12 bits per heavy atom. The summed E-state index contributed by atoms with van der Waals surface area (Å²) in [5.41, 5.74) is 2.34. The van der Waals surface area contributed by atoms with Gasteiger partial charge in [0.25, 0.3) is 0 Å². The second-order valence-corrected chi connectivity index (χ2v) is 7.58. The predicted molar refractivity (Wildman–Crippen MR) is 103 cm³/mol. The van der Waals surface area contributed by atoms with E-state index in [0.29, 0.717) is 12.0 Å². The Bertz CT molecular complexity index is 811. The molecule has 0 aromatic carbocycles. The third-order valence-electron chi connectivity index (χ3n) is 4.86. The molecule has 1 unspecified atom stereocenters. The van der Waals surface area contributed by atoms with Crippen LogP contribution in [0.15, 0.2) is 43.1 Å². The van der Waals surface area contributed by atoms with Gasteiger partial charge in [0.1, 0.15) is 5.52 Å². The zero-order valence-corrected chi connectivity index (χ0v) is 15.6. The highest BCUT2D eigenvalue weighted by Crippen LogP contribution is 2.32. The molecule has 0 bridgehead atoms. The van der Waals surface area contributed by atoms with Gasteiger partial charge in [0.05, 0.1) is 9.77 Å². The molecule has 0 radical (unpaired) electrons. The van der Waals surface area contributed by atoms with Gasteiger partial charge in [-0.15, -0.1) is 0 Å². The van der Waals surface area contributed by atoms with E-state index in [1.54, 1.807) is 0 Å². The van der Waals surface area contributed by atoms with Crippen LogP contribution in [-0.4, -0.2) is 25.6 Å². The van der Waals surface area contributed by atoms with Gasteiger partial charge in [-0.25, -0.2) is 9.50 Å². The van der Waals surface area contributed by atoms with Gasteiger partial charge in [-0.3, -0.25) is 4.98 Å². The zero-order chi connectivity index (χ0) is 16.4. The number of nitrogens with zero attached hydrogens (tertiary/aromatic N) is 4. The number of nitrogens with one attached hydrogen (secondary N) is 1. The molecule has 1 N–H and O–H groups in total. The third kappa shape index (κ3) is 3.24. The van der Waals surface area contributed by atoms with Crippen molar-refractivity contribution in [3.8, 4) is 0 Å². The SMILES string of the molecule is Ic1cnn2ccnc(NC(Cc3cccnc3)C3CCCC3)c12. The van der Waals surface area contributed by atoms with Crippen molar-refractivity contribution in [1.82, 2.24) is 19.6 Å². The number of hydrogen-bond acceptors (Lipinski definition) is 4. The summed E-state index contributed by atoms with van der Waals surface area (Å²) in [5, 5.41) is 8.12. The average Bonchev–Trinajstić information content (AvgIpc) is 3.26. The van der Waals surface area contributed by atoms with E-state index in [-0.39, 0.29) is 0 Å². The minimum absolute atomic E-state index is 0.376. The van der Waals surface area contributed by atoms with Gasteiger partial charge in [0.2, 0.25) is 0 Å². The number of aromatic nitrogens is 4. The number of pyridine rings is 1. The number of anilines is 1. The molecule has 1 fully saturated rings. The molecule has 3 aromatic rings. The van der Waals surface area contributed by atoms with Crippen molar-refractivity contribution in [2.45, 2.75) is 38.1 Å². The first-order chi connectivity index (χ1) is 11.8. The van der Waals surface area contributed by atoms with E-state index in [0.717, 1.165) is 21.3 Å². The molecular formula is C18H20IN5. The molecule has 1 aliphatic rings. The van der Waals surface area contributed by atoms with E-state index in [1.165, 1.54) is 31.2 Å². The molecule has 6 heteroatoms. The second kappa shape index (κ2) is 7.04. The summed E-state index contributed by atoms with van der Waals surface area (Å²) in [5.74, 6) is 1.62. The van der Waals surface area contributed by atoms with Crippen LogP contribution in [0, 0.1) is 9.49 Å². The molecule has 0 spiro atoms. The van der Waals surface area contributed by atoms with Crippen molar-refractivity contribution in [2.24, 2.45) is 5.92 Å². The Labute approximate surface area is 155 Å². The van der Waals surface area contributed by atoms with Crippen molar-refractivity contribution >= 4 is 33.9 Å². The fourth-order valence-corrected chi connectivity index (χ4v) is 4.28. The molecule has 4 rings (SSSR count). The van der Waals surface area contributed by atoms with Gasteiger partial charge in [-0.05, 0) is 59.4 Å². The van der Waals surface area contributed by atoms with Crippen LogP contribution in [0.1, 0.15) is 31.2 Å². The summed E-state index contributed by atoms with van der Waals surface area (Å²) in [6, 6.07) is 4.55. The van der Waals surface area contributed by atoms with E-state index < -0.39 is 0 Å². The number of halogens is 1. The lowest BCUT2D eigenvalue weighted by molar-refractivity contribution is 0.452. The average molecular weight is 433 g/mol. The van der Waals surface area contributed by atoms with E-state index in [2.05, 4.69) is 49.0 Å². The van der Waals surface area contributed by atoms with Crippen LogP contribution in [-0.2, 0) is 6.42 Å². The maximum atomic E-state index is 4.60. The summed E-state index contributed by atoms with van der Waals surface area (Å²) in [4.78, 5) is 8.87. The summed E-state index contributed by atoms with van der Waals surface area (Å²) in [7, 11) is 0. The topological polar surface area (TPSA) is 55.1 Å². The van der Waals surface area contributed by atoms with Crippen molar-refractivity contribution in [1.29, 1.82) is 0 Å². The first-order valence-corrected chi connectivity index (χ1v) is 9.52. The van der Waals surface area contributed by atoms with Crippen LogP contribution in [0.5, 0.6) is 0 Å². The van der Waals surface area contributed by atoms with E-state index in [4.69, 9.17) is 0 Å². The van der Waals surface area contributed by atoms with Crippen LogP contribution in [0.4, 0.5) is 5.82 Å². The van der Waals surface area contributed by atoms with Gasteiger partial charge >= 0.3 is 0 Å². The number of rotatable bonds is 5. The van der Waals surface area contributed by atoms with Crippen LogP contribution in [0.25, 0.3) is 5.52 Å². The van der Waals surface area contributed by atoms with Crippen LogP contribution < -0.4 is 5.32 Å². The normalized spacial score (nSPS) is 16.5. The molecule has 24 heavy (non-hydrogen) atoms. The summed E-state index contributed by atoms with van der Waals surface area (Å²) in [6.45, 7) is 0. The van der Waals surface area contributed by atoms with Gasteiger partial charge in [0, 0.05) is 30.8 Å². The molecule has 5 nitrogen and oxygen atoms in total. The van der Waals surface area contributed by atoms with E-state index in [9.17, 15) is 0 Å². The molecule has 3 heterocycles. The zero-order valence-electron chi connectivity index (χ0n) is 13.4. The first kappa shape index (κ1) is 15.8. The largest absolute Gasteiger partial charge is 0.365 e. The van der Waals surface area contributed by atoms with Crippen molar-refractivity contribution < 1.29 is 0 Å². The number of fused-ring (bicyclic) bond motifs is 1. The highest BCUT2D eigenvalue weighted by atomic mass is 127. The fourth-order valence-electron chi connectivity index (χ4n) is 3.66. The Kier molecular flexibility index (Phi) is 4.64. The minimum atomic E-state index is 0.376. The number of hydrogen-bond donors (Lipinski definition) is 1. The standard InChI is InChI=1S/C18H20IN5/c19-15-12-22-24-9-8-21-18(17(15)24)23-16(14-5-1-2-6-14)10-13-4-3-7-20-11-13/h3-4,7-9,11-12,14,16H,1-2,5-6,10H2,(H,21,23). The van der Waals surface area contributed by atoms with Crippen LogP contribution in [0.3, 0.4) is 0 Å². The molecule has 0 aliphatic heterocycles. The molecular weight excluding hydrogens is 413 g/mol. The van der Waals surface area contributed by atoms with Gasteiger partial charge in [-0.2, -0.15) is 5.10 Å². The Hall–Kier alpha value is -1.70. The van der Waals surface area contributed by atoms with Gasteiger partial charge in [0.15, 0.2) is 5.82 Å². The lowest BCUT2D eigenvalue weighted by atomic mass is 9.92. The van der Waals surface area contributed by atoms with E-state index in [1.807, 2.05) is 41.6 Å². The maximum absolute atomic E-state index is 4.60. The summed E-state index contributed by atoms with van der Waals surface area (Å²) >= 11 is 2.32. The first-order valence-electron chi connectivity index (χ1n) is 8.44. The maximum Gasteiger partial charge on any atom is 0.153 e. The van der Waals surface area contributed by atoms with Crippen molar-refractivity contribution in [3.05, 3.63) is 52.3 Å². The predicted octanol–water partition coefficient (Wildman–Crippen LogP) is 3.94. The Balaban J connectivity index is 1.64. The Morgan fingerprint density at radius 1 is 1.25 bits per heavy atom. The molecule has 0 saturated heterocycles. The second-order valence-electron chi connectivity index (χ2n) is 6.42. The fraction of sp³-hybridized carbons (Fsp3) is 0.389. The van der Waals surface area contributed by atoms with Crippen molar-refractivity contribution in [3.63, 3.8) is 0 Å². The van der Waals surface area contributed by atoms with Crippen LogP contribution >= 0.6 is 22.6 Å². The molecule has 0 amide bonds. The smallest absolute Gasteiger partial charge is 0.153 e. The lowest BCUT2D eigenvalue weighted by Crippen LogP contribution is -2.30. The van der Waals surface area contributed by atoms with Gasteiger partial charge < -0.3 is 5.32 Å². The molecule has 1 aliphatic carbocycles. The molecule has 1 saturated carbocycles. The molecule has 124 valence electrons. The van der Waals surface area contributed by atoms with Crippen LogP contribution in [0.2, 0.25) is 0 Å². The van der Waals surface area contributed by atoms with Crippen molar-refractivity contribution in [2.75, 3.05) is 5.32 Å². The third-order valence-corrected chi connectivity index (χ3v) is 5.65. The van der Waals surface area contributed by atoms with E-state index >= 15 is 0 Å². The lowest BCUT2D eigenvalue weighted by Gasteiger charge is -2.25. The van der Waals surface area contributed by atoms with Gasteiger partial charge in [-0.1, -0.05) is 18.9 Å². The Morgan fingerprint density at radius 3 is 2.92 bits per heavy atom. The monoisotopic (exact) mass is 433 g/mol. The molecule has 3 aromatic heterocycles. The quantitative estimate of drug-likeness (QED) is 0.620. The highest BCUT2D eigenvalue weighted by molar-refractivity contribution is 14.1. The molecule has 1 atom stereocenters. The summed E-state index contributed by atoms with van der Waals surface area (Å²) in [6.07, 6.45) is 15.6.